The second-order valence-electron chi connectivity index (χ2n) is 5.65. The summed E-state index contributed by atoms with van der Waals surface area (Å²) in [6.07, 6.45) is 4.14. The molecule has 1 aliphatic rings. The van der Waals surface area contributed by atoms with Crippen molar-refractivity contribution in [2.24, 2.45) is 5.92 Å². The van der Waals surface area contributed by atoms with Crippen molar-refractivity contribution in [1.82, 2.24) is 9.97 Å². The number of carbonyl (C=O) groups is 1. The van der Waals surface area contributed by atoms with Crippen LogP contribution in [-0.4, -0.2) is 36.1 Å². The third-order valence-corrected chi connectivity index (χ3v) is 4.11. The van der Waals surface area contributed by atoms with Gasteiger partial charge in [-0.25, -0.2) is 19.2 Å². The molecule has 1 saturated heterocycles. The van der Waals surface area contributed by atoms with E-state index in [2.05, 4.69) is 9.97 Å². The van der Waals surface area contributed by atoms with Gasteiger partial charge >= 0.3 is 5.97 Å². The largest absolute Gasteiger partial charge is 0.465 e. The van der Waals surface area contributed by atoms with Gasteiger partial charge in [0.05, 0.1) is 25.1 Å². The fourth-order valence-electron chi connectivity index (χ4n) is 2.97. The predicted molar refractivity (Wildman–Crippen MR) is 83.8 cm³/mol. The van der Waals surface area contributed by atoms with Crippen molar-refractivity contribution in [2.45, 2.75) is 12.8 Å². The standard InChI is InChI=1S/C17H18FN3O2/c1-23-16(22)15-5-3-2-4-13(15)8-12-6-7-21(11-12)17-19-9-14(18)10-20-17/h2-5,9-10,12H,6-8,11H2,1H3. The normalized spacial score (nSPS) is 17.3. The van der Waals surface area contributed by atoms with Crippen LogP contribution in [0.1, 0.15) is 22.3 Å². The number of esters is 1. The van der Waals surface area contributed by atoms with E-state index in [0.717, 1.165) is 31.5 Å². The van der Waals surface area contributed by atoms with Crippen LogP contribution in [0.3, 0.4) is 0 Å². The zero-order chi connectivity index (χ0) is 16.2. The van der Waals surface area contributed by atoms with E-state index < -0.39 is 5.82 Å². The first-order chi connectivity index (χ1) is 11.2. The molecule has 1 aromatic heterocycles. The van der Waals surface area contributed by atoms with E-state index in [1.165, 1.54) is 19.5 Å². The number of nitrogens with zero attached hydrogens (tertiary/aromatic N) is 3. The molecule has 0 radical (unpaired) electrons. The maximum absolute atomic E-state index is 12.9. The molecule has 6 heteroatoms. The van der Waals surface area contributed by atoms with E-state index >= 15 is 0 Å². The number of methoxy groups -OCH3 is 1. The Hall–Kier alpha value is -2.50. The fourth-order valence-corrected chi connectivity index (χ4v) is 2.97. The topological polar surface area (TPSA) is 55.3 Å². The van der Waals surface area contributed by atoms with Gasteiger partial charge in [0.25, 0.3) is 0 Å². The summed E-state index contributed by atoms with van der Waals surface area (Å²) in [5.74, 6) is 0.207. The predicted octanol–water partition coefficient (Wildman–Crippen LogP) is 2.47. The van der Waals surface area contributed by atoms with Crippen LogP contribution in [0.15, 0.2) is 36.7 Å². The van der Waals surface area contributed by atoms with Crippen LogP contribution >= 0.6 is 0 Å². The van der Waals surface area contributed by atoms with Gasteiger partial charge in [0.15, 0.2) is 5.82 Å². The SMILES string of the molecule is COC(=O)c1ccccc1CC1CCN(c2ncc(F)cn2)C1. The number of halogens is 1. The molecule has 1 atom stereocenters. The number of carbonyl (C=O) groups excluding carboxylic acids is 1. The van der Waals surface area contributed by atoms with Crippen molar-refractivity contribution in [3.8, 4) is 0 Å². The number of hydrogen-bond donors (Lipinski definition) is 0. The summed E-state index contributed by atoms with van der Waals surface area (Å²) in [7, 11) is 1.39. The van der Waals surface area contributed by atoms with Gasteiger partial charge in [0.1, 0.15) is 0 Å². The minimum Gasteiger partial charge on any atom is -0.465 e. The van der Waals surface area contributed by atoms with Crippen LogP contribution in [-0.2, 0) is 11.2 Å². The van der Waals surface area contributed by atoms with E-state index in [4.69, 9.17) is 4.74 Å². The molecule has 0 saturated carbocycles. The van der Waals surface area contributed by atoms with Crippen LogP contribution in [0.2, 0.25) is 0 Å². The van der Waals surface area contributed by atoms with Crippen molar-refractivity contribution in [1.29, 1.82) is 0 Å². The van der Waals surface area contributed by atoms with E-state index in [1.54, 1.807) is 6.07 Å². The average Bonchev–Trinajstić information content (AvgIpc) is 3.04. The molecule has 0 aliphatic carbocycles. The Morgan fingerprint density at radius 3 is 2.83 bits per heavy atom. The van der Waals surface area contributed by atoms with Gasteiger partial charge in [-0.2, -0.15) is 0 Å². The summed E-state index contributed by atoms with van der Waals surface area (Å²) in [5.41, 5.74) is 1.61. The van der Waals surface area contributed by atoms with Crippen LogP contribution in [0.5, 0.6) is 0 Å². The smallest absolute Gasteiger partial charge is 0.338 e. The first-order valence-corrected chi connectivity index (χ1v) is 7.56. The van der Waals surface area contributed by atoms with Crippen molar-refractivity contribution in [2.75, 3.05) is 25.1 Å². The number of aromatic nitrogens is 2. The summed E-state index contributed by atoms with van der Waals surface area (Å²) in [6.45, 7) is 1.62. The summed E-state index contributed by atoms with van der Waals surface area (Å²) in [4.78, 5) is 21.9. The van der Waals surface area contributed by atoms with Crippen molar-refractivity contribution in [3.63, 3.8) is 0 Å². The van der Waals surface area contributed by atoms with Crippen LogP contribution in [0.25, 0.3) is 0 Å². The third-order valence-electron chi connectivity index (χ3n) is 4.11. The summed E-state index contributed by atoms with van der Waals surface area (Å²) < 4.78 is 17.7. The number of rotatable bonds is 4. The van der Waals surface area contributed by atoms with Gasteiger partial charge in [-0.15, -0.1) is 0 Å². The Labute approximate surface area is 134 Å². The Bertz CT molecular complexity index is 690. The highest BCUT2D eigenvalue weighted by atomic mass is 19.1. The second kappa shape index (κ2) is 6.73. The Morgan fingerprint density at radius 1 is 1.35 bits per heavy atom. The lowest BCUT2D eigenvalue weighted by Crippen LogP contribution is -2.22. The molecule has 0 spiro atoms. The molecule has 23 heavy (non-hydrogen) atoms. The quantitative estimate of drug-likeness (QED) is 0.811. The van der Waals surface area contributed by atoms with E-state index in [-0.39, 0.29) is 5.97 Å². The van der Waals surface area contributed by atoms with Gasteiger partial charge in [-0.3, -0.25) is 0 Å². The molecule has 5 nitrogen and oxygen atoms in total. The van der Waals surface area contributed by atoms with Gasteiger partial charge < -0.3 is 9.64 Å². The highest BCUT2D eigenvalue weighted by Gasteiger charge is 2.26. The zero-order valence-electron chi connectivity index (χ0n) is 12.9. The lowest BCUT2D eigenvalue weighted by molar-refractivity contribution is 0.0599. The zero-order valence-corrected chi connectivity index (χ0v) is 12.9. The summed E-state index contributed by atoms with van der Waals surface area (Å²) >= 11 is 0. The van der Waals surface area contributed by atoms with Crippen LogP contribution in [0.4, 0.5) is 10.3 Å². The minimum absolute atomic E-state index is 0.308. The molecule has 1 aromatic carbocycles. The van der Waals surface area contributed by atoms with Gasteiger partial charge in [-0.05, 0) is 30.4 Å². The lowest BCUT2D eigenvalue weighted by Gasteiger charge is -2.16. The van der Waals surface area contributed by atoms with E-state index in [1.807, 2.05) is 23.1 Å². The van der Waals surface area contributed by atoms with Crippen molar-refractivity contribution < 1.29 is 13.9 Å². The summed E-state index contributed by atoms with van der Waals surface area (Å²) in [6, 6.07) is 7.51. The molecule has 2 heterocycles. The fraction of sp³-hybridized carbons (Fsp3) is 0.353. The van der Waals surface area contributed by atoms with Crippen LogP contribution < -0.4 is 4.90 Å². The molecular weight excluding hydrogens is 297 g/mol. The third kappa shape index (κ3) is 3.47. The molecule has 1 unspecified atom stereocenters. The monoisotopic (exact) mass is 315 g/mol. The first kappa shape index (κ1) is 15.4. The van der Waals surface area contributed by atoms with E-state index in [0.29, 0.717) is 17.4 Å². The molecule has 1 fully saturated rings. The second-order valence-corrected chi connectivity index (χ2v) is 5.65. The average molecular weight is 315 g/mol. The van der Waals surface area contributed by atoms with Crippen molar-refractivity contribution in [3.05, 3.63) is 53.6 Å². The molecule has 0 amide bonds. The Balaban J connectivity index is 1.69. The molecule has 1 aliphatic heterocycles. The van der Waals surface area contributed by atoms with E-state index in [9.17, 15) is 9.18 Å². The molecule has 120 valence electrons. The number of hydrogen-bond acceptors (Lipinski definition) is 5. The Kier molecular flexibility index (Phi) is 4.50. The van der Waals surface area contributed by atoms with Crippen LogP contribution in [0, 0.1) is 11.7 Å². The molecule has 2 aromatic rings. The van der Waals surface area contributed by atoms with Gasteiger partial charge in [0, 0.05) is 13.1 Å². The first-order valence-electron chi connectivity index (χ1n) is 7.56. The minimum atomic E-state index is -0.434. The highest BCUT2D eigenvalue weighted by molar-refractivity contribution is 5.91. The van der Waals surface area contributed by atoms with Gasteiger partial charge in [0.2, 0.25) is 5.95 Å². The maximum Gasteiger partial charge on any atom is 0.338 e. The van der Waals surface area contributed by atoms with Gasteiger partial charge in [-0.1, -0.05) is 18.2 Å². The van der Waals surface area contributed by atoms with Crippen molar-refractivity contribution >= 4 is 11.9 Å². The Morgan fingerprint density at radius 2 is 2.09 bits per heavy atom. The number of anilines is 1. The molecular formula is C17H18FN3O2. The number of ether oxygens (including phenoxy) is 1. The molecule has 3 rings (SSSR count). The number of benzene rings is 1. The highest BCUT2D eigenvalue weighted by Crippen LogP contribution is 2.25. The summed E-state index contributed by atoms with van der Waals surface area (Å²) in [5, 5.41) is 0. The molecule has 0 N–H and O–H groups in total. The maximum atomic E-state index is 12.9. The lowest BCUT2D eigenvalue weighted by atomic mass is 9.95. The molecule has 0 bridgehead atoms.